The average Bonchev–Trinajstić information content (AvgIpc) is 3.23. The number of benzene rings is 2. The third-order valence-electron chi connectivity index (χ3n) is 5.21. The molecule has 0 unspecified atom stereocenters. The second-order valence-corrected chi connectivity index (χ2v) is 7.46. The lowest BCUT2D eigenvalue weighted by atomic mass is 10.1. The van der Waals surface area contributed by atoms with Crippen LogP contribution in [0.5, 0.6) is 0 Å². The van der Waals surface area contributed by atoms with E-state index >= 15 is 0 Å². The quantitative estimate of drug-likeness (QED) is 0.809. The molecule has 0 spiro atoms. The van der Waals surface area contributed by atoms with E-state index < -0.39 is 0 Å². The van der Waals surface area contributed by atoms with Gasteiger partial charge in [-0.1, -0.05) is 0 Å². The van der Waals surface area contributed by atoms with Gasteiger partial charge in [0, 0.05) is 48.2 Å². The highest BCUT2D eigenvalue weighted by atomic mass is 16.2. The Morgan fingerprint density at radius 2 is 1.54 bits per heavy atom. The Bertz CT molecular complexity index is 807. The van der Waals surface area contributed by atoms with E-state index in [1.807, 2.05) is 29.2 Å². The summed E-state index contributed by atoms with van der Waals surface area (Å²) in [5.41, 5.74) is 3.07. The molecule has 28 heavy (non-hydrogen) atoms. The molecule has 2 aromatic rings. The SMILES string of the molecule is CCN(c1ccc(C(=O)Nc2ccc(C(=O)N3CCCC3)cc2)cc1)C(C)C. The first kappa shape index (κ1) is 19.9. The Kier molecular flexibility index (Phi) is 6.34. The first-order valence-electron chi connectivity index (χ1n) is 10.1. The molecule has 1 fully saturated rings. The topological polar surface area (TPSA) is 52.7 Å². The van der Waals surface area contributed by atoms with E-state index in [1.165, 1.54) is 0 Å². The smallest absolute Gasteiger partial charge is 0.255 e. The molecule has 1 heterocycles. The van der Waals surface area contributed by atoms with Crippen LogP contribution in [0.15, 0.2) is 48.5 Å². The normalized spacial score (nSPS) is 13.6. The zero-order valence-electron chi connectivity index (χ0n) is 16.9. The van der Waals surface area contributed by atoms with Crippen molar-refractivity contribution < 1.29 is 9.59 Å². The van der Waals surface area contributed by atoms with E-state index in [-0.39, 0.29) is 11.8 Å². The van der Waals surface area contributed by atoms with Crippen LogP contribution in [0.4, 0.5) is 11.4 Å². The summed E-state index contributed by atoms with van der Waals surface area (Å²) >= 11 is 0. The number of carbonyl (C=O) groups excluding carboxylic acids is 2. The molecule has 1 N–H and O–H groups in total. The molecule has 0 aliphatic carbocycles. The van der Waals surface area contributed by atoms with Crippen LogP contribution in [0.25, 0.3) is 0 Å². The van der Waals surface area contributed by atoms with Crippen molar-refractivity contribution >= 4 is 23.2 Å². The van der Waals surface area contributed by atoms with E-state index in [9.17, 15) is 9.59 Å². The van der Waals surface area contributed by atoms with Gasteiger partial charge in [-0.2, -0.15) is 0 Å². The number of rotatable bonds is 6. The van der Waals surface area contributed by atoms with Gasteiger partial charge in [0.2, 0.25) is 0 Å². The van der Waals surface area contributed by atoms with Crippen LogP contribution in [-0.2, 0) is 0 Å². The monoisotopic (exact) mass is 379 g/mol. The zero-order chi connectivity index (χ0) is 20.1. The Labute approximate surface area is 167 Å². The fourth-order valence-corrected chi connectivity index (χ4v) is 3.65. The molecule has 2 amide bonds. The van der Waals surface area contributed by atoms with Crippen molar-refractivity contribution in [3.8, 4) is 0 Å². The van der Waals surface area contributed by atoms with Gasteiger partial charge >= 0.3 is 0 Å². The lowest BCUT2D eigenvalue weighted by Gasteiger charge is -2.27. The molecule has 1 aliphatic heterocycles. The first-order valence-corrected chi connectivity index (χ1v) is 10.1. The maximum absolute atomic E-state index is 12.5. The van der Waals surface area contributed by atoms with Crippen molar-refractivity contribution in [1.29, 1.82) is 0 Å². The van der Waals surface area contributed by atoms with Gasteiger partial charge in [0.1, 0.15) is 0 Å². The molecule has 3 rings (SSSR count). The number of nitrogens with zero attached hydrogens (tertiary/aromatic N) is 2. The molecule has 5 nitrogen and oxygen atoms in total. The van der Waals surface area contributed by atoms with Crippen LogP contribution in [0.3, 0.4) is 0 Å². The molecular weight excluding hydrogens is 350 g/mol. The van der Waals surface area contributed by atoms with Crippen molar-refractivity contribution in [3.63, 3.8) is 0 Å². The molecular formula is C23H29N3O2. The van der Waals surface area contributed by atoms with Gasteiger partial charge in [-0.3, -0.25) is 9.59 Å². The summed E-state index contributed by atoms with van der Waals surface area (Å²) in [6.45, 7) is 9.02. The van der Waals surface area contributed by atoms with Gasteiger partial charge in [-0.15, -0.1) is 0 Å². The minimum absolute atomic E-state index is 0.0663. The van der Waals surface area contributed by atoms with Crippen molar-refractivity contribution in [1.82, 2.24) is 4.90 Å². The Balaban J connectivity index is 1.63. The van der Waals surface area contributed by atoms with Gasteiger partial charge in [-0.25, -0.2) is 0 Å². The van der Waals surface area contributed by atoms with Gasteiger partial charge in [0.15, 0.2) is 0 Å². The molecule has 0 bridgehead atoms. The first-order chi connectivity index (χ1) is 13.5. The van der Waals surface area contributed by atoms with E-state index in [1.54, 1.807) is 24.3 Å². The van der Waals surface area contributed by atoms with Crippen LogP contribution in [0.1, 0.15) is 54.3 Å². The lowest BCUT2D eigenvalue weighted by Crippen LogP contribution is -2.30. The van der Waals surface area contributed by atoms with Crippen molar-refractivity contribution in [3.05, 3.63) is 59.7 Å². The van der Waals surface area contributed by atoms with Crippen LogP contribution in [0, 0.1) is 0 Å². The highest BCUT2D eigenvalue weighted by Gasteiger charge is 2.19. The maximum atomic E-state index is 12.5. The minimum atomic E-state index is -0.155. The summed E-state index contributed by atoms with van der Waals surface area (Å²) in [7, 11) is 0. The number of amides is 2. The number of hydrogen-bond acceptors (Lipinski definition) is 3. The summed E-state index contributed by atoms with van der Waals surface area (Å²) in [5, 5.41) is 2.90. The third-order valence-corrected chi connectivity index (χ3v) is 5.21. The average molecular weight is 380 g/mol. The van der Waals surface area contributed by atoms with Gasteiger partial charge in [0.05, 0.1) is 0 Å². The largest absolute Gasteiger partial charge is 0.369 e. The Morgan fingerprint density at radius 3 is 2.07 bits per heavy atom. The van der Waals surface area contributed by atoms with Gasteiger partial charge in [-0.05, 0) is 82.1 Å². The minimum Gasteiger partial charge on any atom is -0.369 e. The number of hydrogen-bond donors (Lipinski definition) is 1. The summed E-state index contributed by atoms with van der Waals surface area (Å²) in [4.78, 5) is 29.1. The molecule has 5 heteroatoms. The summed E-state index contributed by atoms with van der Waals surface area (Å²) in [6.07, 6.45) is 2.15. The maximum Gasteiger partial charge on any atom is 0.255 e. The van der Waals surface area contributed by atoms with Crippen LogP contribution >= 0.6 is 0 Å². The van der Waals surface area contributed by atoms with Gasteiger partial charge in [0.25, 0.3) is 11.8 Å². The highest BCUT2D eigenvalue weighted by Crippen LogP contribution is 2.19. The van der Waals surface area contributed by atoms with Crippen molar-refractivity contribution in [2.24, 2.45) is 0 Å². The number of anilines is 2. The number of nitrogens with one attached hydrogen (secondary N) is 1. The molecule has 2 aromatic carbocycles. The Morgan fingerprint density at radius 1 is 0.964 bits per heavy atom. The second-order valence-electron chi connectivity index (χ2n) is 7.46. The molecule has 1 saturated heterocycles. The van der Waals surface area contributed by atoms with Crippen LogP contribution in [0.2, 0.25) is 0 Å². The summed E-state index contributed by atoms with van der Waals surface area (Å²) in [5.74, 6) is -0.0886. The molecule has 148 valence electrons. The highest BCUT2D eigenvalue weighted by molar-refractivity contribution is 6.04. The zero-order valence-corrected chi connectivity index (χ0v) is 16.9. The summed E-state index contributed by atoms with van der Waals surface area (Å²) in [6, 6.07) is 15.2. The summed E-state index contributed by atoms with van der Waals surface area (Å²) < 4.78 is 0. The number of carbonyl (C=O) groups is 2. The molecule has 0 saturated carbocycles. The Hall–Kier alpha value is -2.82. The van der Waals surface area contributed by atoms with E-state index in [2.05, 4.69) is 31.0 Å². The molecule has 1 aliphatic rings. The van der Waals surface area contributed by atoms with E-state index in [0.29, 0.717) is 22.9 Å². The van der Waals surface area contributed by atoms with Crippen molar-refractivity contribution in [2.45, 2.75) is 39.7 Å². The fraction of sp³-hybridized carbons (Fsp3) is 0.391. The van der Waals surface area contributed by atoms with Crippen LogP contribution in [-0.4, -0.2) is 42.4 Å². The predicted octanol–water partition coefficient (Wildman–Crippen LogP) is 4.41. The molecule has 0 radical (unpaired) electrons. The molecule has 0 atom stereocenters. The predicted molar refractivity (Wildman–Crippen MR) is 114 cm³/mol. The van der Waals surface area contributed by atoms with E-state index in [4.69, 9.17) is 0 Å². The second kappa shape index (κ2) is 8.91. The lowest BCUT2D eigenvalue weighted by molar-refractivity contribution is 0.0792. The number of likely N-dealkylation sites (tertiary alicyclic amines) is 1. The third kappa shape index (κ3) is 4.53. The standard InChI is InChI=1S/C23H29N3O2/c1-4-26(17(2)3)21-13-9-18(10-14-21)22(27)24-20-11-7-19(8-12-20)23(28)25-15-5-6-16-25/h7-14,17H,4-6,15-16H2,1-3H3,(H,24,27). The van der Waals surface area contributed by atoms with Gasteiger partial charge < -0.3 is 15.1 Å². The van der Waals surface area contributed by atoms with Crippen LogP contribution < -0.4 is 10.2 Å². The molecule has 0 aromatic heterocycles. The fourth-order valence-electron chi connectivity index (χ4n) is 3.65. The van der Waals surface area contributed by atoms with Crippen molar-refractivity contribution in [2.75, 3.05) is 29.9 Å². The van der Waals surface area contributed by atoms with E-state index in [0.717, 1.165) is 38.2 Å².